The van der Waals surface area contributed by atoms with Crippen LogP contribution in [0.3, 0.4) is 0 Å². The van der Waals surface area contributed by atoms with Crippen molar-refractivity contribution in [2.45, 2.75) is 44.7 Å². The zero-order valence-corrected chi connectivity index (χ0v) is 14.5. The molecule has 1 heterocycles. The van der Waals surface area contributed by atoms with E-state index in [9.17, 15) is 4.79 Å². The van der Waals surface area contributed by atoms with Gasteiger partial charge in [0.1, 0.15) is 0 Å². The highest BCUT2D eigenvalue weighted by molar-refractivity contribution is 5.78. The molecule has 0 bridgehead atoms. The second kappa shape index (κ2) is 7.18. The summed E-state index contributed by atoms with van der Waals surface area (Å²) in [6.45, 7) is 5.91. The summed E-state index contributed by atoms with van der Waals surface area (Å²) in [6, 6.07) is 10.7. The minimum atomic E-state index is 0.0562. The average molecular weight is 326 g/mol. The van der Waals surface area contributed by atoms with Gasteiger partial charge in [0.15, 0.2) is 0 Å². The summed E-state index contributed by atoms with van der Waals surface area (Å²) in [5.74, 6) is 0.0562. The van der Waals surface area contributed by atoms with Crippen LogP contribution in [0.1, 0.15) is 30.9 Å². The predicted octanol–water partition coefficient (Wildman–Crippen LogP) is 2.02. The Labute approximate surface area is 143 Å². The molecule has 5 heteroatoms. The number of amides is 1. The molecule has 1 fully saturated rings. The molecule has 1 aliphatic rings. The van der Waals surface area contributed by atoms with Gasteiger partial charge in [0, 0.05) is 24.2 Å². The van der Waals surface area contributed by atoms with E-state index in [0.29, 0.717) is 6.54 Å². The first-order valence-electron chi connectivity index (χ1n) is 8.62. The Morgan fingerprint density at radius 2 is 2.08 bits per heavy atom. The van der Waals surface area contributed by atoms with Crippen LogP contribution in [0.25, 0.3) is 0 Å². The Morgan fingerprint density at radius 3 is 2.71 bits per heavy atom. The van der Waals surface area contributed by atoms with E-state index in [-0.39, 0.29) is 17.4 Å². The van der Waals surface area contributed by atoms with Gasteiger partial charge in [-0.05, 0) is 37.8 Å². The van der Waals surface area contributed by atoms with Crippen molar-refractivity contribution < 1.29 is 4.79 Å². The smallest absolute Gasteiger partial charge is 0.233 e. The molecule has 2 N–H and O–H groups in total. The second-order valence-electron chi connectivity index (χ2n) is 6.94. The molecule has 0 saturated heterocycles. The number of rotatable bonds is 8. The number of hydrogen-bond acceptors (Lipinski definition) is 3. The van der Waals surface area contributed by atoms with Crippen LogP contribution in [0.2, 0.25) is 0 Å². The number of aryl methyl sites for hydroxylation is 1. The standard InChI is InChI=1S/C19H26N4O/c1-15-10-22-23(12-15)13-16(2)20-11-18(24)21-14-19(8-9-19)17-6-4-3-5-7-17/h3-7,10,12,16,20H,8-9,11,13-14H2,1-2H3,(H,21,24)/t16-/m0/s1. The van der Waals surface area contributed by atoms with E-state index >= 15 is 0 Å². The Bertz CT molecular complexity index is 676. The third kappa shape index (κ3) is 4.23. The lowest BCUT2D eigenvalue weighted by Gasteiger charge is -2.18. The quantitative estimate of drug-likeness (QED) is 0.780. The van der Waals surface area contributed by atoms with E-state index in [2.05, 4.69) is 46.9 Å². The molecule has 1 saturated carbocycles. The first-order chi connectivity index (χ1) is 11.6. The van der Waals surface area contributed by atoms with Gasteiger partial charge in [-0.2, -0.15) is 5.10 Å². The third-order valence-electron chi connectivity index (χ3n) is 4.70. The van der Waals surface area contributed by atoms with Crippen molar-refractivity contribution in [2.24, 2.45) is 0 Å². The van der Waals surface area contributed by atoms with Crippen LogP contribution in [0.5, 0.6) is 0 Å². The van der Waals surface area contributed by atoms with Crippen molar-refractivity contribution in [2.75, 3.05) is 13.1 Å². The summed E-state index contributed by atoms with van der Waals surface area (Å²) < 4.78 is 1.90. The minimum Gasteiger partial charge on any atom is -0.354 e. The van der Waals surface area contributed by atoms with Gasteiger partial charge < -0.3 is 10.6 Å². The van der Waals surface area contributed by atoms with Crippen LogP contribution < -0.4 is 10.6 Å². The number of carbonyl (C=O) groups is 1. The summed E-state index contributed by atoms with van der Waals surface area (Å²) in [7, 11) is 0. The zero-order valence-electron chi connectivity index (χ0n) is 14.5. The number of carbonyl (C=O) groups excluding carboxylic acids is 1. The Balaban J connectivity index is 1.40. The highest BCUT2D eigenvalue weighted by Gasteiger charge is 2.44. The fourth-order valence-electron chi connectivity index (χ4n) is 3.02. The van der Waals surface area contributed by atoms with Gasteiger partial charge in [-0.3, -0.25) is 9.48 Å². The summed E-state index contributed by atoms with van der Waals surface area (Å²) in [5, 5.41) is 10.6. The van der Waals surface area contributed by atoms with Crippen molar-refractivity contribution in [1.82, 2.24) is 20.4 Å². The van der Waals surface area contributed by atoms with Crippen molar-refractivity contribution in [3.63, 3.8) is 0 Å². The van der Waals surface area contributed by atoms with Crippen molar-refractivity contribution in [1.29, 1.82) is 0 Å². The third-order valence-corrected chi connectivity index (χ3v) is 4.70. The monoisotopic (exact) mass is 326 g/mol. The first-order valence-corrected chi connectivity index (χ1v) is 8.62. The second-order valence-corrected chi connectivity index (χ2v) is 6.94. The fourth-order valence-corrected chi connectivity index (χ4v) is 3.02. The number of benzene rings is 1. The Hall–Kier alpha value is -2.14. The van der Waals surface area contributed by atoms with E-state index in [1.807, 2.05) is 30.1 Å². The molecule has 0 radical (unpaired) electrons. The number of nitrogens with zero attached hydrogens (tertiary/aromatic N) is 2. The highest BCUT2D eigenvalue weighted by Crippen LogP contribution is 2.47. The molecule has 1 aliphatic carbocycles. The topological polar surface area (TPSA) is 59.0 Å². The van der Waals surface area contributed by atoms with Crippen LogP contribution >= 0.6 is 0 Å². The van der Waals surface area contributed by atoms with Crippen molar-refractivity contribution in [3.05, 3.63) is 53.9 Å². The lowest BCUT2D eigenvalue weighted by Crippen LogP contribution is -2.42. The predicted molar refractivity (Wildman–Crippen MR) is 94.8 cm³/mol. The summed E-state index contributed by atoms with van der Waals surface area (Å²) in [5.41, 5.74) is 2.64. The average Bonchev–Trinajstić information content (AvgIpc) is 3.28. The van der Waals surface area contributed by atoms with Crippen LogP contribution in [-0.2, 0) is 16.8 Å². The lowest BCUT2D eigenvalue weighted by molar-refractivity contribution is -0.120. The molecule has 1 aromatic carbocycles. The molecule has 1 atom stereocenters. The molecule has 5 nitrogen and oxygen atoms in total. The molecule has 1 amide bonds. The van der Waals surface area contributed by atoms with Crippen LogP contribution in [0.4, 0.5) is 0 Å². The van der Waals surface area contributed by atoms with Gasteiger partial charge in [0.05, 0.1) is 19.3 Å². The molecule has 2 aromatic rings. The van der Waals surface area contributed by atoms with E-state index in [4.69, 9.17) is 0 Å². The van der Waals surface area contributed by atoms with E-state index in [0.717, 1.165) is 31.5 Å². The molecule has 0 unspecified atom stereocenters. The molecule has 0 aliphatic heterocycles. The van der Waals surface area contributed by atoms with Gasteiger partial charge in [-0.1, -0.05) is 30.3 Å². The lowest BCUT2D eigenvalue weighted by atomic mass is 9.96. The molecule has 128 valence electrons. The summed E-state index contributed by atoms with van der Waals surface area (Å²) >= 11 is 0. The maximum Gasteiger partial charge on any atom is 0.233 e. The molecule has 1 aromatic heterocycles. The molecular weight excluding hydrogens is 300 g/mol. The van der Waals surface area contributed by atoms with Gasteiger partial charge in [-0.15, -0.1) is 0 Å². The normalized spacial score (nSPS) is 16.6. The van der Waals surface area contributed by atoms with Gasteiger partial charge in [0.25, 0.3) is 0 Å². The van der Waals surface area contributed by atoms with Crippen LogP contribution in [0, 0.1) is 6.92 Å². The maximum atomic E-state index is 12.1. The molecule has 24 heavy (non-hydrogen) atoms. The highest BCUT2D eigenvalue weighted by atomic mass is 16.1. The van der Waals surface area contributed by atoms with Crippen LogP contribution in [0.15, 0.2) is 42.7 Å². The Kier molecular flexibility index (Phi) is 5.00. The van der Waals surface area contributed by atoms with E-state index < -0.39 is 0 Å². The number of aromatic nitrogens is 2. The number of nitrogens with one attached hydrogen (secondary N) is 2. The minimum absolute atomic E-state index is 0.0562. The van der Waals surface area contributed by atoms with Crippen molar-refractivity contribution >= 4 is 5.91 Å². The largest absolute Gasteiger partial charge is 0.354 e. The summed E-state index contributed by atoms with van der Waals surface area (Å²) in [4.78, 5) is 12.1. The van der Waals surface area contributed by atoms with E-state index in [1.165, 1.54) is 5.56 Å². The zero-order chi connectivity index (χ0) is 17.0. The maximum absolute atomic E-state index is 12.1. The van der Waals surface area contributed by atoms with Gasteiger partial charge in [-0.25, -0.2) is 0 Å². The molecule has 0 spiro atoms. The SMILES string of the molecule is Cc1cnn(C[C@H](C)NCC(=O)NCC2(c3ccccc3)CC2)c1. The first kappa shape index (κ1) is 16.7. The fraction of sp³-hybridized carbons (Fsp3) is 0.474. The molecular formula is C19H26N4O. The summed E-state index contributed by atoms with van der Waals surface area (Å²) in [6.07, 6.45) is 6.16. The van der Waals surface area contributed by atoms with Gasteiger partial charge in [0.2, 0.25) is 5.91 Å². The van der Waals surface area contributed by atoms with Crippen molar-refractivity contribution in [3.8, 4) is 0 Å². The van der Waals surface area contributed by atoms with Crippen LogP contribution in [-0.4, -0.2) is 34.8 Å². The number of hydrogen-bond donors (Lipinski definition) is 2. The van der Waals surface area contributed by atoms with E-state index in [1.54, 1.807) is 0 Å². The molecule has 3 rings (SSSR count). The van der Waals surface area contributed by atoms with Gasteiger partial charge >= 0.3 is 0 Å². The Morgan fingerprint density at radius 1 is 1.33 bits per heavy atom.